The highest BCUT2D eigenvalue weighted by Crippen LogP contribution is 2.39. The van der Waals surface area contributed by atoms with E-state index in [2.05, 4.69) is 12.2 Å². The fraction of sp³-hybridized carbons (Fsp3) is 0.905. The molecule has 0 saturated heterocycles. The Morgan fingerprint density at radius 2 is 1.56 bits per heavy atom. The van der Waals surface area contributed by atoms with Crippen molar-refractivity contribution in [3.05, 3.63) is 0 Å². The van der Waals surface area contributed by atoms with Crippen molar-refractivity contribution in [1.82, 2.24) is 10.2 Å². The Labute approximate surface area is 155 Å². The number of hydrogen-bond donors (Lipinski definition) is 1. The number of amides is 2. The molecule has 0 aromatic rings. The maximum Gasteiger partial charge on any atom is 0.219 e. The maximum atomic E-state index is 11.0. The molecule has 2 aliphatic carbocycles. The van der Waals surface area contributed by atoms with Gasteiger partial charge in [-0.3, -0.25) is 9.59 Å². The highest BCUT2D eigenvalue weighted by molar-refractivity contribution is 5.73. The molecule has 4 nitrogen and oxygen atoms in total. The Morgan fingerprint density at radius 3 is 2.04 bits per heavy atom. The number of carbonyl (C=O) groups is 2. The van der Waals surface area contributed by atoms with Crippen molar-refractivity contribution in [1.29, 1.82) is 0 Å². The molecular weight excluding hydrogens is 312 g/mol. The molecular formula is C21H40N2O2. The lowest BCUT2D eigenvalue weighted by atomic mass is 9.71. The van der Waals surface area contributed by atoms with Gasteiger partial charge in [0, 0.05) is 33.5 Å². The Kier molecular flexibility index (Phi) is 10.1. The quantitative estimate of drug-likeness (QED) is 0.781. The second-order valence-corrected chi connectivity index (χ2v) is 8.14. The fourth-order valence-electron chi connectivity index (χ4n) is 4.38. The summed E-state index contributed by atoms with van der Waals surface area (Å²) in [7, 11) is 1.92. The third kappa shape index (κ3) is 8.24. The maximum absolute atomic E-state index is 11.0. The third-order valence-corrected chi connectivity index (χ3v) is 6.03. The molecule has 1 N–H and O–H groups in total. The van der Waals surface area contributed by atoms with E-state index >= 15 is 0 Å². The van der Waals surface area contributed by atoms with Crippen LogP contribution in [0, 0.1) is 5.41 Å². The van der Waals surface area contributed by atoms with Crippen LogP contribution < -0.4 is 5.32 Å². The Hall–Kier alpha value is -1.06. The molecule has 0 aromatic heterocycles. The molecule has 25 heavy (non-hydrogen) atoms. The van der Waals surface area contributed by atoms with Crippen molar-refractivity contribution in [2.45, 2.75) is 104 Å². The van der Waals surface area contributed by atoms with Crippen LogP contribution in [0.4, 0.5) is 0 Å². The summed E-state index contributed by atoms with van der Waals surface area (Å²) in [6, 6.07) is 0.529. The lowest BCUT2D eigenvalue weighted by Gasteiger charge is -2.37. The van der Waals surface area contributed by atoms with Crippen LogP contribution in [0.25, 0.3) is 0 Å². The van der Waals surface area contributed by atoms with Gasteiger partial charge in [0.25, 0.3) is 0 Å². The van der Waals surface area contributed by atoms with E-state index in [0.717, 1.165) is 6.54 Å². The van der Waals surface area contributed by atoms with Crippen molar-refractivity contribution in [3.8, 4) is 0 Å². The molecule has 0 heterocycles. The number of nitrogens with zero attached hydrogens (tertiary/aromatic N) is 1. The van der Waals surface area contributed by atoms with E-state index in [4.69, 9.17) is 0 Å². The highest BCUT2D eigenvalue weighted by Gasteiger charge is 2.30. The smallest absolute Gasteiger partial charge is 0.219 e. The second-order valence-electron chi connectivity index (χ2n) is 8.14. The summed E-state index contributed by atoms with van der Waals surface area (Å²) < 4.78 is 0. The van der Waals surface area contributed by atoms with E-state index in [0.29, 0.717) is 11.5 Å². The van der Waals surface area contributed by atoms with Crippen molar-refractivity contribution in [2.24, 2.45) is 5.41 Å². The minimum Gasteiger partial charge on any atom is -0.356 e. The number of nitrogens with one attached hydrogen (secondary N) is 1. The summed E-state index contributed by atoms with van der Waals surface area (Å²) >= 11 is 0. The molecule has 0 unspecified atom stereocenters. The van der Waals surface area contributed by atoms with Crippen LogP contribution in [-0.4, -0.2) is 36.3 Å². The second kappa shape index (κ2) is 11.5. The van der Waals surface area contributed by atoms with Gasteiger partial charge in [-0.05, 0) is 37.5 Å². The van der Waals surface area contributed by atoms with Gasteiger partial charge in [0.1, 0.15) is 0 Å². The zero-order chi connectivity index (χ0) is 18.7. The Morgan fingerprint density at radius 1 is 1.00 bits per heavy atom. The monoisotopic (exact) mass is 352 g/mol. The summed E-state index contributed by atoms with van der Waals surface area (Å²) in [5, 5.41) is 3.00. The first-order valence-corrected chi connectivity index (χ1v) is 10.4. The van der Waals surface area contributed by atoms with E-state index in [-0.39, 0.29) is 11.8 Å². The van der Waals surface area contributed by atoms with Crippen LogP contribution in [0.3, 0.4) is 0 Å². The number of rotatable bonds is 5. The molecule has 0 aliphatic heterocycles. The molecule has 2 rings (SSSR count). The molecule has 0 aromatic carbocycles. The van der Waals surface area contributed by atoms with Crippen LogP contribution in [0.1, 0.15) is 97.8 Å². The minimum atomic E-state index is 0.117. The molecule has 146 valence electrons. The van der Waals surface area contributed by atoms with Crippen LogP contribution in [-0.2, 0) is 9.59 Å². The molecule has 2 amide bonds. The first-order valence-electron chi connectivity index (χ1n) is 10.4. The molecule has 2 fully saturated rings. The molecule has 0 bridgehead atoms. The van der Waals surface area contributed by atoms with Gasteiger partial charge in [-0.15, -0.1) is 0 Å². The van der Waals surface area contributed by atoms with E-state index in [1.807, 2.05) is 11.9 Å². The summed E-state index contributed by atoms with van der Waals surface area (Å²) in [6.45, 7) is 6.40. The fourth-order valence-corrected chi connectivity index (χ4v) is 4.38. The van der Waals surface area contributed by atoms with Crippen molar-refractivity contribution < 1.29 is 9.59 Å². The van der Waals surface area contributed by atoms with E-state index in [1.165, 1.54) is 77.0 Å². The lowest BCUT2D eigenvalue weighted by molar-refractivity contribution is -0.130. The highest BCUT2D eigenvalue weighted by atomic mass is 16.2. The average molecular weight is 353 g/mol. The summed E-state index contributed by atoms with van der Waals surface area (Å²) in [6.07, 6.45) is 15.5. The van der Waals surface area contributed by atoms with Crippen LogP contribution in [0.2, 0.25) is 0 Å². The van der Waals surface area contributed by atoms with Gasteiger partial charge in [0.2, 0.25) is 11.8 Å². The molecule has 2 saturated carbocycles. The topological polar surface area (TPSA) is 49.4 Å². The van der Waals surface area contributed by atoms with Crippen LogP contribution in [0.5, 0.6) is 0 Å². The van der Waals surface area contributed by atoms with Gasteiger partial charge in [0.05, 0.1) is 0 Å². The predicted molar refractivity (Wildman–Crippen MR) is 104 cm³/mol. The van der Waals surface area contributed by atoms with Crippen LogP contribution in [0.15, 0.2) is 0 Å². The Balaban J connectivity index is 0.000000257. The van der Waals surface area contributed by atoms with Gasteiger partial charge < -0.3 is 10.2 Å². The van der Waals surface area contributed by atoms with E-state index in [9.17, 15) is 9.59 Å². The van der Waals surface area contributed by atoms with Crippen molar-refractivity contribution >= 4 is 11.8 Å². The number of hydrogen-bond acceptors (Lipinski definition) is 2. The van der Waals surface area contributed by atoms with Gasteiger partial charge in [-0.1, -0.05) is 51.9 Å². The standard InChI is InChI=1S/C12H23NO.C9H17NO/c1-3-7-12(10-13-11(2)14)8-5-4-6-9-12;1-8(11)10(2)9-6-4-3-5-7-9/h3-10H2,1-2H3,(H,13,14);9H,3-7H2,1-2H3. The van der Waals surface area contributed by atoms with Crippen molar-refractivity contribution in [2.75, 3.05) is 13.6 Å². The molecule has 2 aliphatic rings. The zero-order valence-electron chi connectivity index (χ0n) is 17.0. The SMILES string of the molecule is CC(=O)N(C)C1CCCCC1.CCCC1(CNC(C)=O)CCCCC1. The minimum absolute atomic E-state index is 0.117. The van der Waals surface area contributed by atoms with Gasteiger partial charge >= 0.3 is 0 Å². The summed E-state index contributed by atoms with van der Waals surface area (Å²) in [5.74, 6) is 0.322. The molecule has 0 radical (unpaired) electrons. The first kappa shape index (κ1) is 22.0. The summed E-state index contributed by atoms with van der Waals surface area (Å²) in [5.41, 5.74) is 0.429. The van der Waals surface area contributed by atoms with E-state index in [1.54, 1.807) is 13.8 Å². The lowest BCUT2D eigenvalue weighted by Crippen LogP contribution is -2.38. The predicted octanol–water partition coefficient (Wildman–Crippen LogP) is 4.67. The average Bonchev–Trinajstić information content (AvgIpc) is 2.62. The van der Waals surface area contributed by atoms with Crippen LogP contribution >= 0.6 is 0 Å². The van der Waals surface area contributed by atoms with E-state index < -0.39 is 0 Å². The third-order valence-electron chi connectivity index (χ3n) is 6.03. The van der Waals surface area contributed by atoms with Gasteiger partial charge in [-0.25, -0.2) is 0 Å². The number of carbonyl (C=O) groups excluding carboxylic acids is 2. The molecule has 4 heteroatoms. The van der Waals surface area contributed by atoms with Crippen molar-refractivity contribution in [3.63, 3.8) is 0 Å². The van der Waals surface area contributed by atoms with Gasteiger partial charge in [-0.2, -0.15) is 0 Å². The largest absolute Gasteiger partial charge is 0.356 e. The first-order chi connectivity index (χ1) is 11.9. The Bertz CT molecular complexity index is 391. The molecule has 0 spiro atoms. The molecule has 0 atom stereocenters. The summed E-state index contributed by atoms with van der Waals surface area (Å²) in [4.78, 5) is 23.8. The van der Waals surface area contributed by atoms with Gasteiger partial charge in [0.15, 0.2) is 0 Å². The zero-order valence-corrected chi connectivity index (χ0v) is 17.0. The normalized spacial score (nSPS) is 20.2.